The molecule has 0 amide bonds. The van der Waals surface area contributed by atoms with Gasteiger partial charge in [0.15, 0.2) is 0 Å². The summed E-state index contributed by atoms with van der Waals surface area (Å²) in [4.78, 5) is 0. The van der Waals surface area contributed by atoms with Crippen molar-refractivity contribution in [2.75, 3.05) is 12.3 Å². The van der Waals surface area contributed by atoms with Crippen LogP contribution in [-0.4, -0.2) is 16.4 Å². The first-order valence-electron chi connectivity index (χ1n) is 7.92. The molecule has 1 heterocycles. The van der Waals surface area contributed by atoms with Gasteiger partial charge in [0.25, 0.3) is 0 Å². The van der Waals surface area contributed by atoms with E-state index < -0.39 is 0 Å². The molecular formula is C17H27N3OU. The monoisotopic (exact) mass is 527 g/mol. The Bertz CT molecular complexity index is 554. The number of hydrogen-bond acceptors (Lipinski definition) is 3. The molecule has 4 nitrogen and oxygen atoms in total. The summed E-state index contributed by atoms with van der Waals surface area (Å²) >= 11 is 0. The zero-order valence-electron chi connectivity index (χ0n) is 14.2. The predicted molar refractivity (Wildman–Crippen MR) is 84.4 cm³/mol. The SMILES string of the molecule is [CH2-]CO[C-]1CCC2(C)c3nn(C)c(N)c3CC[C@H]2C1(C)C.[U+2]. The Balaban J connectivity index is 0.00000176. The van der Waals surface area contributed by atoms with Crippen molar-refractivity contribution in [3.8, 4) is 0 Å². The van der Waals surface area contributed by atoms with E-state index in [9.17, 15) is 0 Å². The molecule has 1 saturated carbocycles. The first kappa shape index (κ1) is 18.4. The van der Waals surface area contributed by atoms with Crippen LogP contribution < -0.4 is 5.73 Å². The molecule has 0 radical (unpaired) electrons. The number of nitrogens with two attached hydrogens (primary N) is 1. The normalized spacial score (nSPS) is 30.3. The van der Waals surface area contributed by atoms with E-state index in [0.29, 0.717) is 12.5 Å². The number of nitrogen functional groups attached to an aromatic ring is 1. The summed E-state index contributed by atoms with van der Waals surface area (Å²) in [7, 11) is 1.95. The smallest absolute Gasteiger partial charge is 0.574 e. The van der Waals surface area contributed by atoms with Crippen LogP contribution in [0.1, 0.15) is 51.3 Å². The average Bonchev–Trinajstić information content (AvgIpc) is 2.71. The van der Waals surface area contributed by atoms with Gasteiger partial charge in [-0.15, -0.1) is 12.0 Å². The molecule has 1 aromatic rings. The maximum absolute atomic E-state index is 6.21. The van der Waals surface area contributed by atoms with Crippen LogP contribution in [0, 0.1) is 55.5 Å². The van der Waals surface area contributed by atoms with Crippen molar-refractivity contribution in [1.29, 1.82) is 0 Å². The molecule has 3 rings (SSSR count). The van der Waals surface area contributed by atoms with Crippen LogP contribution >= 0.6 is 0 Å². The number of hydrogen-bond donors (Lipinski definition) is 1. The molecule has 120 valence electrons. The third kappa shape index (κ3) is 2.48. The fraction of sp³-hybridized carbons (Fsp3) is 0.706. The van der Waals surface area contributed by atoms with Crippen LogP contribution in [0.2, 0.25) is 0 Å². The van der Waals surface area contributed by atoms with E-state index >= 15 is 0 Å². The third-order valence-corrected chi connectivity index (χ3v) is 5.92. The minimum absolute atomic E-state index is 0. The molecule has 0 spiro atoms. The van der Waals surface area contributed by atoms with E-state index in [4.69, 9.17) is 15.6 Å². The zero-order chi connectivity index (χ0) is 15.4. The molecule has 1 unspecified atom stereocenters. The van der Waals surface area contributed by atoms with Gasteiger partial charge in [-0.1, -0.05) is 33.1 Å². The Hall–Kier alpha value is 0.0219. The Morgan fingerprint density at radius 2 is 2.14 bits per heavy atom. The number of aromatic nitrogens is 2. The summed E-state index contributed by atoms with van der Waals surface area (Å²) in [6.45, 7) is 11.4. The van der Waals surface area contributed by atoms with Crippen molar-refractivity contribution >= 4 is 5.82 Å². The number of nitrogens with zero attached hydrogens (tertiary/aromatic N) is 2. The van der Waals surface area contributed by atoms with Crippen molar-refractivity contribution in [3.05, 3.63) is 24.3 Å². The summed E-state index contributed by atoms with van der Waals surface area (Å²) in [5, 5.41) is 4.77. The molecule has 2 aliphatic carbocycles. The first-order chi connectivity index (χ1) is 9.82. The van der Waals surface area contributed by atoms with Crippen LogP contribution in [0.4, 0.5) is 5.82 Å². The summed E-state index contributed by atoms with van der Waals surface area (Å²) in [5.74, 6) is 1.38. The van der Waals surface area contributed by atoms with Gasteiger partial charge in [-0.05, 0) is 12.8 Å². The molecular weight excluding hydrogens is 500 g/mol. The molecule has 2 aliphatic rings. The van der Waals surface area contributed by atoms with Crippen molar-refractivity contribution in [3.63, 3.8) is 0 Å². The van der Waals surface area contributed by atoms with E-state index in [1.165, 1.54) is 17.4 Å². The molecule has 22 heavy (non-hydrogen) atoms. The molecule has 0 aromatic carbocycles. The molecule has 0 bridgehead atoms. The van der Waals surface area contributed by atoms with Gasteiger partial charge in [0, 0.05) is 18.0 Å². The molecule has 0 aliphatic heterocycles. The quantitative estimate of drug-likeness (QED) is 0.602. The zero-order valence-corrected chi connectivity index (χ0v) is 18.4. The predicted octanol–water partition coefficient (Wildman–Crippen LogP) is 3.03. The van der Waals surface area contributed by atoms with Gasteiger partial charge < -0.3 is 17.4 Å². The Morgan fingerprint density at radius 3 is 2.77 bits per heavy atom. The van der Waals surface area contributed by atoms with Crippen LogP contribution in [-0.2, 0) is 23.6 Å². The maximum Gasteiger partial charge on any atom is 2.00 e. The van der Waals surface area contributed by atoms with E-state index in [-0.39, 0.29) is 41.9 Å². The second-order valence-corrected chi connectivity index (χ2v) is 7.34. The second-order valence-electron chi connectivity index (χ2n) is 7.34. The van der Waals surface area contributed by atoms with Gasteiger partial charge in [-0.25, -0.2) is 0 Å². The Labute approximate surface area is 157 Å². The fourth-order valence-corrected chi connectivity index (χ4v) is 4.78. The topological polar surface area (TPSA) is 53.1 Å². The summed E-state index contributed by atoms with van der Waals surface area (Å²) in [6.07, 6.45) is 5.46. The average molecular weight is 527 g/mol. The number of fused-ring (bicyclic) bond motifs is 3. The van der Waals surface area contributed by atoms with Crippen molar-refractivity contribution < 1.29 is 35.9 Å². The molecule has 2 atom stereocenters. The minimum atomic E-state index is 0. The van der Waals surface area contributed by atoms with Crippen LogP contribution in [0.5, 0.6) is 0 Å². The van der Waals surface area contributed by atoms with Gasteiger partial charge in [-0.3, -0.25) is 4.68 Å². The molecule has 1 fully saturated rings. The molecule has 5 heteroatoms. The molecule has 0 saturated heterocycles. The van der Waals surface area contributed by atoms with Gasteiger partial charge >= 0.3 is 31.1 Å². The van der Waals surface area contributed by atoms with Crippen molar-refractivity contribution in [2.45, 2.75) is 51.9 Å². The number of anilines is 1. The standard InChI is InChI=1S/C17H27N3O.U/c1-6-21-13-9-10-17(4)12(16(13,2)3)8-7-11-14(17)19-20(5)15(11)18;/h12H,1,6-10,18H2,2-5H3;/q-2;+2/t12-,17?;/m0./s1. The van der Waals surface area contributed by atoms with E-state index in [0.717, 1.165) is 31.5 Å². The number of rotatable bonds is 2. The number of ether oxygens (including phenoxy) is 1. The van der Waals surface area contributed by atoms with Crippen molar-refractivity contribution in [1.82, 2.24) is 9.78 Å². The van der Waals surface area contributed by atoms with Gasteiger partial charge in [0.1, 0.15) is 5.82 Å². The fourth-order valence-electron chi connectivity index (χ4n) is 4.78. The summed E-state index contributed by atoms with van der Waals surface area (Å²) in [6, 6.07) is 0. The molecule has 1 aromatic heterocycles. The molecule has 2 N–H and O–H groups in total. The summed E-state index contributed by atoms with van der Waals surface area (Å²) in [5.41, 5.74) is 8.87. The van der Waals surface area contributed by atoms with E-state index in [1.807, 2.05) is 11.7 Å². The second kappa shape index (κ2) is 6.15. The van der Waals surface area contributed by atoms with E-state index in [2.05, 4.69) is 27.7 Å². The third-order valence-electron chi connectivity index (χ3n) is 5.92. The van der Waals surface area contributed by atoms with Gasteiger partial charge in [0.05, 0.1) is 5.69 Å². The first-order valence-corrected chi connectivity index (χ1v) is 7.92. The van der Waals surface area contributed by atoms with E-state index in [1.54, 1.807) is 0 Å². The van der Waals surface area contributed by atoms with Crippen molar-refractivity contribution in [2.24, 2.45) is 18.4 Å². The Kier molecular flexibility index (Phi) is 5.13. The van der Waals surface area contributed by atoms with Crippen LogP contribution in [0.25, 0.3) is 0 Å². The van der Waals surface area contributed by atoms with Crippen LogP contribution in [0.3, 0.4) is 0 Å². The maximum atomic E-state index is 6.21. The minimum Gasteiger partial charge on any atom is -0.574 e. The van der Waals surface area contributed by atoms with Gasteiger partial charge in [-0.2, -0.15) is 17.6 Å². The summed E-state index contributed by atoms with van der Waals surface area (Å²) < 4.78 is 7.71. The number of aryl methyl sites for hydroxylation is 1. The van der Waals surface area contributed by atoms with Gasteiger partial charge in [0.2, 0.25) is 0 Å². The largest absolute Gasteiger partial charge is 2.00 e. The Morgan fingerprint density at radius 1 is 1.45 bits per heavy atom. The van der Waals surface area contributed by atoms with Crippen LogP contribution in [0.15, 0.2) is 0 Å².